The smallest absolute Gasteiger partial charge is 0.307 e. The second-order valence-corrected chi connectivity index (χ2v) is 5.31. The molecule has 0 amide bonds. The number of hydrogen-bond donors (Lipinski definition) is 1. The van der Waals surface area contributed by atoms with E-state index in [-0.39, 0.29) is 11.3 Å². The van der Waals surface area contributed by atoms with Crippen molar-refractivity contribution < 1.29 is 14.6 Å². The highest BCUT2D eigenvalue weighted by atomic mass is 32.1. The number of carboxylic acids is 1. The van der Waals surface area contributed by atoms with Crippen LogP contribution >= 0.6 is 11.3 Å². The summed E-state index contributed by atoms with van der Waals surface area (Å²) in [6.45, 7) is 2.95. The van der Waals surface area contributed by atoms with E-state index in [2.05, 4.69) is 0 Å². The van der Waals surface area contributed by atoms with Gasteiger partial charge in [-0.1, -0.05) is 11.3 Å². The van der Waals surface area contributed by atoms with Gasteiger partial charge in [-0.25, -0.2) is 0 Å². The first-order valence-corrected chi connectivity index (χ1v) is 7.63. The predicted molar refractivity (Wildman–Crippen MR) is 82.1 cm³/mol. The number of aromatic nitrogens is 1. The highest BCUT2D eigenvalue weighted by Crippen LogP contribution is 2.23. The molecule has 0 bridgehead atoms. The van der Waals surface area contributed by atoms with Gasteiger partial charge in [0.05, 0.1) is 12.3 Å². The lowest BCUT2D eigenvalue weighted by Crippen LogP contribution is -2.15. The van der Waals surface area contributed by atoms with Crippen LogP contribution in [0.25, 0.3) is 11.3 Å². The van der Waals surface area contributed by atoms with Gasteiger partial charge < -0.3 is 9.84 Å². The minimum Gasteiger partial charge on any atom is -0.494 e. The zero-order chi connectivity index (χ0) is 15.2. The SMILES string of the molecule is CCOc1ccc(-c2csc(=O)n2CCCC(=O)O)cc1. The third-order valence-corrected chi connectivity index (χ3v) is 3.78. The molecule has 0 unspecified atom stereocenters. The maximum atomic E-state index is 11.9. The molecule has 0 aliphatic rings. The molecule has 2 rings (SSSR count). The number of ether oxygens (including phenoxy) is 1. The Balaban J connectivity index is 2.19. The fourth-order valence-corrected chi connectivity index (χ4v) is 2.84. The van der Waals surface area contributed by atoms with Crippen molar-refractivity contribution in [3.05, 3.63) is 39.3 Å². The van der Waals surface area contributed by atoms with Gasteiger partial charge in [0.2, 0.25) is 0 Å². The van der Waals surface area contributed by atoms with E-state index in [0.29, 0.717) is 19.6 Å². The minimum absolute atomic E-state index is 0.0605. The highest BCUT2D eigenvalue weighted by molar-refractivity contribution is 7.07. The number of carbonyl (C=O) groups is 1. The average Bonchev–Trinajstić information content (AvgIpc) is 2.81. The summed E-state index contributed by atoms with van der Waals surface area (Å²) in [5.41, 5.74) is 1.74. The second-order valence-electron chi connectivity index (χ2n) is 4.49. The summed E-state index contributed by atoms with van der Waals surface area (Å²) in [7, 11) is 0. The minimum atomic E-state index is -0.846. The van der Waals surface area contributed by atoms with E-state index in [1.807, 2.05) is 31.2 Å². The summed E-state index contributed by atoms with van der Waals surface area (Å²) in [6.07, 6.45) is 0.501. The van der Waals surface area contributed by atoms with Crippen LogP contribution < -0.4 is 9.61 Å². The van der Waals surface area contributed by atoms with Crippen molar-refractivity contribution >= 4 is 17.3 Å². The van der Waals surface area contributed by atoms with Gasteiger partial charge in [-0.15, -0.1) is 0 Å². The first-order chi connectivity index (χ1) is 10.1. The molecule has 0 fully saturated rings. The third kappa shape index (κ3) is 3.95. The summed E-state index contributed by atoms with van der Waals surface area (Å²) >= 11 is 1.13. The van der Waals surface area contributed by atoms with Gasteiger partial charge in [-0.2, -0.15) is 0 Å². The van der Waals surface area contributed by atoms with Crippen LogP contribution in [-0.4, -0.2) is 22.2 Å². The normalized spacial score (nSPS) is 10.5. The highest BCUT2D eigenvalue weighted by Gasteiger charge is 2.09. The van der Waals surface area contributed by atoms with Crippen molar-refractivity contribution in [2.24, 2.45) is 0 Å². The molecule has 2 aromatic rings. The lowest BCUT2D eigenvalue weighted by atomic mass is 10.1. The molecule has 0 radical (unpaired) electrons. The van der Waals surface area contributed by atoms with Gasteiger partial charge in [0.1, 0.15) is 5.75 Å². The number of hydrogen-bond acceptors (Lipinski definition) is 4. The molecule has 1 aromatic heterocycles. The molecule has 0 atom stereocenters. The molecule has 1 heterocycles. The second kappa shape index (κ2) is 7.08. The third-order valence-electron chi connectivity index (χ3n) is 3.02. The van der Waals surface area contributed by atoms with Crippen molar-refractivity contribution in [2.45, 2.75) is 26.3 Å². The molecule has 1 aromatic carbocycles. The zero-order valence-corrected chi connectivity index (χ0v) is 12.6. The van der Waals surface area contributed by atoms with Crippen LogP contribution in [0.15, 0.2) is 34.4 Å². The van der Waals surface area contributed by atoms with Crippen molar-refractivity contribution in [3.8, 4) is 17.0 Å². The summed E-state index contributed by atoms with van der Waals surface area (Å²) in [5, 5.41) is 10.5. The molecule has 6 heteroatoms. The predicted octanol–water partition coefficient (Wildman–Crippen LogP) is 2.84. The molecule has 21 heavy (non-hydrogen) atoms. The van der Waals surface area contributed by atoms with Crippen molar-refractivity contribution in [3.63, 3.8) is 0 Å². The van der Waals surface area contributed by atoms with Gasteiger partial charge in [0.15, 0.2) is 0 Å². The number of rotatable bonds is 7. The maximum absolute atomic E-state index is 11.9. The van der Waals surface area contributed by atoms with E-state index in [1.165, 1.54) is 0 Å². The molecule has 0 aliphatic carbocycles. The Kier molecular flexibility index (Phi) is 5.16. The van der Waals surface area contributed by atoms with Crippen LogP contribution in [-0.2, 0) is 11.3 Å². The number of carboxylic acid groups (broad SMARTS) is 1. The van der Waals surface area contributed by atoms with Gasteiger partial charge in [-0.3, -0.25) is 14.2 Å². The Morgan fingerprint density at radius 3 is 2.67 bits per heavy atom. The van der Waals surface area contributed by atoms with E-state index in [0.717, 1.165) is 28.3 Å². The van der Waals surface area contributed by atoms with Crippen LogP contribution in [0.2, 0.25) is 0 Å². The molecule has 0 aliphatic heterocycles. The lowest BCUT2D eigenvalue weighted by Gasteiger charge is -2.08. The fourth-order valence-electron chi connectivity index (χ4n) is 2.04. The Hall–Kier alpha value is -2.08. The molecule has 1 N–H and O–H groups in total. The number of aliphatic carboxylic acids is 1. The van der Waals surface area contributed by atoms with Crippen LogP contribution in [0.5, 0.6) is 5.75 Å². The fraction of sp³-hybridized carbons (Fsp3) is 0.333. The Bertz CT molecular complexity index is 657. The van der Waals surface area contributed by atoms with E-state index >= 15 is 0 Å². The van der Waals surface area contributed by atoms with Crippen molar-refractivity contribution in [1.82, 2.24) is 4.57 Å². The molecule has 0 saturated heterocycles. The van der Waals surface area contributed by atoms with Crippen LogP contribution in [0, 0.1) is 0 Å². The quantitative estimate of drug-likeness (QED) is 0.854. The summed E-state index contributed by atoms with van der Waals surface area (Å²) in [5.74, 6) is -0.0582. The largest absolute Gasteiger partial charge is 0.494 e. The van der Waals surface area contributed by atoms with Crippen LogP contribution in [0.4, 0.5) is 0 Å². The van der Waals surface area contributed by atoms with E-state index in [4.69, 9.17) is 9.84 Å². The molecule has 112 valence electrons. The van der Waals surface area contributed by atoms with Crippen molar-refractivity contribution in [2.75, 3.05) is 6.61 Å². The van der Waals surface area contributed by atoms with E-state index < -0.39 is 5.97 Å². The summed E-state index contributed by atoms with van der Waals surface area (Å²) in [4.78, 5) is 22.4. The van der Waals surface area contributed by atoms with Crippen molar-refractivity contribution in [1.29, 1.82) is 0 Å². The monoisotopic (exact) mass is 307 g/mol. The molecule has 5 nitrogen and oxygen atoms in total. The first-order valence-electron chi connectivity index (χ1n) is 6.75. The van der Waals surface area contributed by atoms with Gasteiger partial charge in [-0.05, 0) is 43.2 Å². The average molecular weight is 307 g/mol. The van der Waals surface area contributed by atoms with E-state index in [9.17, 15) is 9.59 Å². The maximum Gasteiger partial charge on any atom is 0.307 e. The van der Waals surface area contributed by atoms with E-state index in [1.54, 1.807) is 9.95 Å². The molecule has 0 spiro atoms. The number of nitrogens with zero attached hydrogens (tertiary/aromatic N) is 1. The van der Waals surface area contributed by atoms with Gasteiger partial charge in [0.25, 0.3) is 0 Å². The first kappa shape index (κ1) is 15.3. The Morgan fingerprint density at radius 1 is 1.33 bits per heavy atom. The molecular weight excluding hydrogens is 290 g/mol. The topological polar surface area (TPSA) is 68.5 Å². The van der Waals surface area contributed by atoms with Crippen LogP contribution in [0.3, 0.4) is 0 Å². The summed E-state index contributed by atoms with van der Waals surface area (Å²) < 4.78 is 7.02. The Labute approximate surface area is 126 Å². The standard InChI is InChI=1S/C15H17NO4S/c1-2-20-12-7-5-11(6-8-12)13-10-21-15(19)16(13)9-3-4-14(17)18/h5-8,10H,2-4,9H2,1H3,(H,17,18). The van der Waals surface area contributed by atoms with Gasteiger partial charge in [0, 0.05) is 18.3 Å². The zero-order valence-electron chi connectivity index (χ0n) is 11.7. The molecular formula is C15H17NO4S. The van der Waals surface area contributed by atoms with Crippen LogP contribution in [0.1, 0.15) is 19.8 Å². The number of benzene rings is 1. The summed E-state index contributed by atoms with van der Waals surface area (Å²) in [6, 6.07) is 7.53. The Morgan fingerprint density at radius 2 is 2.05 bits per heavy atom. The number of thiazole rings is 1. The molecule has 0 saturated carbocycles. The lowest BCUT2D eigenvalue weighted by molar-refractivity contribution is -0.137. The van der Waals surface area contributed by atoms with Gasteiger partial charge >= 0.3 is 10.8 Å².